The average molecular weight is 313 g/mol. The summed E-state index contributed by atoms with van der Waals surface area (Å²) in [6, 6.07) is 3.99. The van der Waals surface area contributed by atoms with E-state index in [2.05, 4.69) is 34.3 Å². The third-order valence-electron chi connectivity index (χ3n) is 4.01. The predicted molar refractivity (Wildman–Crippen MR) is 84.0 cm³/mol. The highest BCUT2D eigenvalue weighted by Gasteiger charge is 2.31. The molecule has 1 N–H and O–H groups in total. The molecule has 7 heteroatoms. The maximum atomic E-state index is 5.84. The number of rotatable bonds is 2. The highest BCUT2D eigenvalue weighted by Crippen LogP contribution is 2.25. The lowest BCUT2D eigenvalue weighted by molar-refractivity contribution is -0.0377. The lowest BCUT2D eigenvalue weighted by atomic mass is 10.0. The number of hydrogen-bond acceptors (Lipinski definition) is 6. The second-order valence-corrected chi connectivity index (χ2v) is 6.60. The number of pyridine rings is 1. The van der Waals surface area contributed by atoms with Gasteiger partial charge >= 0.3 is 0 Å². The molecule has 1 fully saturated rings. The van der Waals surface area contributed by atoms with Crippen molar-refractivity contribution in [2.24, 2.45) is 0 Å². The standard InChI is InChI=1S/C16H19N5O2/c1-10-4-5-13-17-6-11(21(13)8-10)14-19-15(23-20-14)12-7-18-16(2,3)9-22-12/h4-6,8,12,18H,7,9H2,1-3H3. The van der Waals surface area contributed by atoms with Crippen molar-refractivity contribution in [2.45, 2.75) is 32.4 Å². The van der Waals surface area contributed by atoms with E-state index in [9.17, 15) is 0 Å². The molecule has 0 saturated carbocycles. The number of fused-ring (bicyclic) bond motifs is 1. The van der Waals surface area contributed by atoms with E-state index >= 15 is 0 Å². The van der Waals surface area contributed by atoms with E-state index in [1.807, 2.05) is 29.7 Å². The Morgan fingerprint density at radius 2 is 2.22 bits per heavy atom. The number of aromatic nitrogens is 4. The average Bonchev–Trinajstić information content (AvgIpc) is 3.13. The van der Waals surface area contributed by atoms with Crippen LogP contribution in [0.15, 0.2) is 29.0 Å². The van der Waals surface area contributed by atoms with Gasteiger partial charge in [0.1, 0.15) is 17.4 Å². The molecule has 4 heterocycles. The van der Waals surface area contributed by atoms with Gasteiger partial charge in [-0.05, 0) is 32.4 Å². The highest BCUT2D eigenvalue weighted by atomic mass is 16.5. The third-order valence-corrected chi connectivity index (χ3v) is 4.01. The molecule has 0 aliphatic carbocycles. The van der Waals surface area contributed by atoms with Gasteiger partial charge in [0.2, 0.25) is 5.82 Å². The van der Waals surface area contributed by atoms with Crippen LogP contribution in [0.25, 0.3) is 17.2 Å². The van der Waals surface area contributed by atoms with Crippen LogP contribution in [0.4, 0.5) is 0 Å². The van der Waals surface area contributed by atoms with Gasteiger partial charge in [-0.15, -0.1) is 0 Å². The normalized spacial score (nSPS) is 20.9. The Labute approximate surface area is 133 Å². The van der Waals surface area contributed by atoms with Crippen molar-refractivity contribution >= 4 is 5.65 Å². The first-order valence-electron chi connectivity index (χ1n) is 7.66. The second kappa shape index (κ2) is 5.14. The van der Waals surface area contributed by atoms with E-state index in [1.54, 1.807) is 6.20 Å². The minimum Gasteiger partial charge on any atom is -0.365 e. The van der Waals surface area contributed by atoms with Crippen molar-refractivity contribution in [2.75, 3.05) is 13.2 Å². The zero-order chi connectivity index (χ0) is 16.0. The molecule has 3 aromatic heterocycles. The zero-order valence-electron chi connectivity index (χ0n) is 13.4. The number of ether oxygens (including phenoxy) is 1. The molecule has 0 aromatic carbocycles. The van der Waals surface area contributed by atoms with Gasteiger partial charge in [-0.3, -0.25) is 4.40 Å². The summed E-state index contributed by atoms with van der Waals surface area (Å²) in [5, 5.41) is 7.51. The molecule has 7 nitrogen and oxygen atoms in total. The summed E-state index contributed by atoms with van der Waals surface area (Å²) in [5.41, 5.74) is 2.78. The Balaban J connectivity index is 1.64. The SMILES string of the molecule is Cc1ccc2ncc(-c3noc(C4CNC(C)(C)CO4)n3)n2c1. The fraction of sp³-hybridized carbons (Fsp3) is 0.438. The molecule has 1 aliphatic heterocycles. The summed E-state index contributed by atoms with van der Waals surface area (Å²) in [6.07, 6.45) is 3.55. The minimum atomic E-state index is -0.217. The minimum absolute atomic E-state index is 0.0292. The van der Waals surface area contributed by atoms with Gasteiger partial charge in [0, 0.05) is 18.3 Å². The largest absolute Gasteiger partial charge is 0.365 e. The molecule has 4 rings (SSSR count). The smallest absolute Gasteiger partial charge is 0.257 e. The molecule has 0 radical (unpaired) electrons. The lowest BCUT2D eigenvalue weighted by Gasteiger charge is -2.34. The predicted octanol–water partition coefficient (Wildman–Crippen LogP) is 2.13. The summed E-state index contributed by atoms with van der Waals surface area (Å²) in [5.74, 6) is 1.01. The number of morpholine rings is 1. The molecule has 1 atom stereocenters. The maximum Gasteiger partial charge on any atom is 0.257 e. The number of imidazole rings is 1. The van der Waals surface area contributed by atoms with Crippen molar-refractivity contribution in [3.8, 4) is 11.5 Å². The molecule has 1 aliphatic rings. The van der Waals surface area contributed by atoms with Gasteiger partial charge in [0.25, 0.3) is 5.89 Å². The zero-order valence-corrected chi connectivity index (χ0v) is 13.4. The topological polar surface area (TPSA) is 77.5 Å². The maximum absolute atomic E-state index is 5.84. The van der Waals surface area contributed by atoms with Gasteiger partial charge in [0.05, 0.1) is 12.8 Å². The van der Waals surface area contributed by atoms with Gasteiger partial charge < -0.3 is 14.6 Å². The van der Waals surface area contributed by atoms with Gasteiger partial charge in [-0.1, -0.05) is 11.2 Å². The Bertz CT molecular complexity index is 841. The molecular formula is C16H19N5O2. The van der Waals surface area contributed by atoms with Crippen molar-refractivity contribution in [1.82, 2.24) is 24.8 Å². The van der Waals surface area contributed by atoms with Crippen LogP contribution in [-0.4, -0.2) is 38.2 Å². The molecule has 0 spiro atoms. The van der Waals surface area contributed by atoms with Crippen molar-refractivity contribution < 1.29 is 9.26 Å². The molecular weight excluding hydrogens is 294 g/mol. The van der Waals surface area contributed by atoms with E-state index in [0.717, 1.165) is 16.9 Å². The van der Waals surface area contributed by atoms with E-state index in [0.29, 0.717) is 24.9 Å². The fourth-order valence-corrected chi connectivity index (χ4v) is 2.67. The van der Waals surface area contributed by atoms with Crippen LogP contribution in [0.2, 0.25) is 0 Å². The first-order valence-corrected chi connectivity index (χ1v) is 7.66. The summed E-state index contributed by atoms with van der Waals surface area (Å²) in [6.45, 7) is 7.49. The molecule has 1 unspecified atom stereocenters. The number of hydrogen-bond donors (Lipinski definition) is 1. The van der Waals surface area contributed by atoms with Crippen LogP contribution in [-0.2, 0) is 4.74 Å². The van der Waals surface area contributed by atoms with E-state index < -0.39 is 0 Å². The van der Waals surface area contributed by atoms with E-state index in [1.165, 1.54) is 0 Å². The van der Waals surface area contributed by atoms with E-state index in [4.69, 9.17) is 9.26 Å². The first kappa shape index (κ1) is 14.3. The summed E-state index contributed by atoms with van der Waals surface area (Å²) >= 11 is 0. The van der Waals surface area contributed by atoms with E-state index in [-0.39, 0.29) is 11.6 Å². The number of aryl methyl sites for hydroxylation is 1. The molecule has 120 valence electrons. The quantitative estimate of drug-likeness (QED) is 0.781. The lowest BCUT2D eigenvalue weighted by Crippen LogP contribution is -2.50. The first-order chi connectivity index (χ1) is 11.0. The monoisotopic (exact) mass is 313 g/mol. The molecule has 23 heavy (non-hydrogen) atoms. The van der Waals surface area contributed by atoms with Crippen LogP contribution >= 0.6 is 0 Å². The third kappa shape index (κ3) is 2.62. The molecule has 0 amide bonds. The second-order valence-electron chi connectivity index (χ2n) is 6.60. The van der Waals surface area contributed by atoms with Crippen molar-refractivity contribution in [3.05, 3.63) is 36.0 Å². The van der Waals surface area contributed by atoms with Gasteiger partial charge in [-0.25, -0.2) is 4.98 Å². The van der Waals surface area contributed by atoms with Crippen molar-refractivity contribution in [3.63, 3.8) is 0 Å². The number of nitrogens with zero attached hydrogens (tertiary/aromatic N) is 4. The molecule has 0 bridgehead atoms. The van der Waals surface area contributed by atoms with Crippen molar-refractivity contribution in [1.29, 1.82) is 0 Å². The van der Waals surface area contributed by atoms with Gasteiger partial charge in [0.15, 0.2) is 0 Å². The Hall–Kier alpha value is -2.25. The van der Waals surface area contributed by atoms with Crippen LogP contribution < -0.4 is 5.32 Å². The van der Waals surface area contributed by atoms with Crippen LogP contribution in [0.3, 0.4) is 0 Å². The molecule has 3 aromatic rings. The highest BCUT2D eigenvalue weighted by molar-refractivity contribution is 5.56. The van der Waals surface area contributed by atoms with Gasteiger partial charge in [-0.2, -0.15) is 4.98 Å². The Morgan fingerprint density at radius 1 is 1.35 bits per heavy atom. The Kier molecular flexibility index (Phi) is 3.21. The summed E-state index contributed by atoms with van der Waals surface area (Å²) < 4.78 is 13.2. The molecule has 1 saturated heterocycles. The number of nitrogens with one attached hydrogen (secondary N) is 1. The summed E-state index contributed by atoms with van der Waals surface area (Å²) in [7, 11) is 0. The summed E-state index contributed by atoms with van der Waals surface area (Å²) in [4.78, 5) is 8.87. The Morgan fingerprint density at radius 3 is 3.00 bits per heavy atom. The fourth-order valence-electron chi connectivity index (χ4n) is 2.67. The van der Waals surface area contributed by atoms with Crippen LogP contribution in [0.5, 0.6) is 0 Å². The van der Waals surface area contributed by atoms with Crippen LogP contribution in [0, 0.1) is 6.92 Å². The van der Waals surface area contributed by atoms with Crippen LogP contribution in [0.1, 0.15) is 31.4 Å².